The third-order valence-corrected chi connectivity index (χ3v) is 3.65. The average molecular weight is 278 g/mol. The van der Waals surface area contributed by atoms with Gasteiger partial charge in [0.15, 0.2) is 11.9 Å². The van der Waals surface area contributed by atoms with Crippen molar-refractivity contribution in [2.24, 2.45) is 5.73 Å². The molecule has 108 valence electrons. The Kier molecular flexibility index (Phi) is 3.97. The van der Waals surface area contributed by atoms with E-state index in [2.05, 4.69) is 0 Å². The van der Waals surface area contributed by atoms with E-state index in [-0.39, 0.29) is 0 Å². The number of aliphatic hydroxyl groups is 1. The number of nitrogens with two attached hydrogens (primary N) is 1. The molecule has 1 heterocycles. The van der Waals surface area contributed by atoms with Crippen LogP contribution in [0, 0.1) is 11.3 Å². The van der Waals surface area contributed by atoms with Crippen LogP contribution in [0.15, 0.2) is 18.2 Å². The van der Waals surface area contributed by atoms with Crippen molar-refractivity contribution in [2.45, 2.75) is 31.0 Å². The van der Waals surface area contributed by atoms with Gasteiger partial charge in [-0.2, -0.15) is 5.26 Å². The molecule has 6 nitrogen and oxygen atoms in total. The van der Waals surface area contributed by atoms with E-state index < -0.39 is 24.0 Å². The van der Waals surface area contributed by atoms with Crippen molar-refractivity contribution in [3.05, 3.63) is 29.3 Å². The molecular formula is C14H18N2O4. The lowest BCUT2D eigenvalue weighted by Gasteiger charge is -2.45. The summed E-state index contributed by atoms with van der Waals surface area (Å²) in [5.74, 6) is 0.517. The molecule has 0 aliphatic carbocycles. The zero-order valence-corrected chi connectivity index (χ0v) is 11.7. The molecule has 0 spiro atoms. The van der Waals surface area contributed by atoms with E-state index in [1.807, 2.05) is 6.07 Å². The van der Waals surface area contributed by atoms with Crippen molar-refractivity contribution < 1.29 is 19.3 Å². The Morgan fingerprint density at radius 3 is 2.65 bits per heavy atom. The summed E-state index contributed by atoms with van der Waals surface area (Å²) < 4.78 is 16.3. The molecule has 0 amide bonds. The highest BCUT2D eigenvalue weighted by atomic mass is 16.7. The topological polar surface area (TPSA) is 97.7 Å². The van der Waals surface area contributed by atoms with Crippen LogP contribution in [0.5, 0.6) is 5.75 Å². The monoisotopic (exact) mass is 278 g/mol. The van der Waals surface area contributed by atoms with Crippen LogP contribution >= 0.6 is 0 Å². The summed E-state index contributed by atoms with van der Waals surface area (Å²) >= 11 is 0. The van der Waals surface area contributed by atoms with Gasteiger partial charge in [-0.25, -0.2) is 0 Å². The normalized spacial score (nSPS) is 28.6. The summed E-state index contributed by atoms with van der Waals surface area (Å²) in [4.78, 5) is 0. The maximum absolute atomic E-state index is 10.4. The Morgan fingerprint density at radius 1 is 1.45 bits per heavy atom. The van der Waals surface area contributed by atoms with E-state index in [4.69, 9.17) is 25.2 Å². The van der Waals surface area contributed by atoms with Crippen LogP contribution in [0.4, 0.5) is 0 Å². The second kappa shape index (κ2) is 5.38. The molecule has 1 aliphatic heterocycles. The highest BCUT2D eigenvalue weighted by Crippen LogP contribution is 2.41. The minimum atomic E-state index is -1.13. The molecule has 2 rings (SSSR count). The fraction of sp³-hybridized carbons (Fsp3) is 0.500. The van der Waals surface area contributed by atoms with Crippen LogP contribution in [0.3, 0.4) is 0 Å². The van der Waals surface area contributed by atoms with Crippen molar-refractivity contribution in [1.82, 2.24) is 0 Å². The smallest absolute Gasteiger partial charge is 0.199 e. The SMILES string of the molecule is COC(OC)C1(C)Oc2ccc(C#N)cc2[C@H](N)[C@H]1O. The molecule has 1 aliphatic rings. The molecule has 0 saturated carbocycles. The van der Waals surface area contributed by atoms with Crippen molar-refractivity contribution in [1.29, 1.82) is 5.26 Å². The predicted molar refractivity (Wildman–Crippen MR) is 70.9 cm³/mol. The maximum atomic E-state index is 10.4. The van der Waals surface area contributed by atoms with Crippen molar-refractivity contribution >= 4 is 0 Å². The van der Waals surface area contributed by atoms with E-state index >= 15 is 0 Å². The Balaban J connectivity index is 2.47. The van der Waals surface area contributed by atoms with E-state index in [1.54, 1.807) is 25.1 Å². The molecule has 3 N–H and O–H groups in total. The second-order valence-corrected chi connectivity index (χ2v) is 4.92. The van der Waals surface area contributed by atoms with Crippen LogP contribution < -0.4 is 10.5 Å². The van der Waals surface area contributed by atoms with Crippen LogP contribution in [0.2, 0.25) is 0 Å². The van der Waals surface area contributed by atoms with E-state index in [0.29, 0.717) is 16.9 Å². The maximum Gasteiger partial charge on any atom is 0.199 e. The molecule has 0 radical (unpaired) electrons. The number of benzene rings is 1. The first-order chi connectivity index (χ1) is 9.47. The Labute approximate surface area is 117 Å². The van der Waals surface area contributed by atoms with E-state index in [0.717, 1.165) is 0 Å². The van der Waals surface area contributed by atoms with Crippen molar-refractivity contribution in [2.75, 3.05) is 14.2 Å². The van der Waals surface area contributed by atoms with Crippen LogP contribution in [-0.2, 0) is 9.47 Å². The largest absolute Gasteiger partial charge is 0.479 e. The molecule has 0 saturated heterocycles. The van der Waals surface area contributed by atoms with Gasteiger partial charge in [0, 0.05) is 19.8 Å². The fourth-order valence-corrected chi connectivity index (χ4v) is 2.55. The van der Waals surface area contributed by atoms with E-state index in [9.17, 15) is 5.11 Å². The van der Waals surface area contributed by atoms with Crippen LogP contribution in [0.25, 0.3) is 0 Å². The lowest BCUT2D eigenvalue weighted by atomic mass is 9.84. The van der Waals surface area contributed by atoms with Crippen LogP contribution in [0.1, 0.15) is 24.1 Å². The average Bonchev–Trinajstić information content (AvgIpc) is 2.46. The third kappa shape index (κ3) is 2.15. The zero-order valence-electron chi connectivity index (χ0n) is 11.7. The van der Waals surface area contributed by atoms with Crippen molar-refractivity contribution in [3.63, 3.8) is 0 Å². The predicted octanol–water partition coefficient (Wildman–Crippen LogP) is 0.689. The first kappa shape index (κ1) is 14.8. The lowest BCUT2D eigenvalue weighted by molar-refractivity contribution is -0.237. The van der Waals surface area contributed by atoms with Gasteiger partial charge in [-0.15, -0.1) is 0 Å². The quantitative estimate of drug-likeness (QED) is 0.789. The minimum Gasteiger partial charge on any atom is -0.479 e. The second-order valence-electron chi connectivity index (χ2n) is 4.92. The Bertz CT molecular complexity index is 538. The molecule has 0 fully saturated rings. The first-order valence-electron chi connectivity index (χ1n) is 6.20. The van der Waals surface area contributed by atoms with Crippen molar-refractivity contribution in [3.8, 4) is 11.8 Å². The number of hydrogen-bond acceptors (Lipinski definition) is 6. The summed E-state index contributed by atoms with van der Waals surface area (Å²) in [7, 11) is 2.94. The summed E-state index contributed by atoms with van der Waals surface area (Å²) in [6.45, 7) is 1.68. The Hall–Kier alpha value is -1.65. The van der Waals surface area contributed by atoms with Gasteiger partial charge in [-0.1, -0.05) is 0 Å². The number of aliphatic hydroxyl groups excluding tert-OH is 1. The summed E-state index contributed by atoms with van der Waals surface area (Å²) in [5.41, 5.74) is 6.01. The van der Waals surface area contributed by atoms with Gasteiger partial charge in [0.25, 0.3) is 0 Å². The number of nitrogens with zero attached hydrogens (tertiary/aromatic N) is 1. The van der Waals surface area contributed by atoms with Gasteiger partial charge in [-0.05, 0) is 25.1 Å². The van der Waals surface area contributed by atoms with E-state index in [1.165, 1.54) is 14.2 Å². The number of nitriles is 1. The minimum absolute atomic E-state index is 0.466. The van der Waals surface area contributed by atoms with Gasteiger partial charge in [-0.3, -0.25) is 0 Å². The summed E-state index contributed by atoms with van der Waals surface area (Å²) in [6, 6.07) is 6.27. The van der Waals surface area contributed by atoms with Gasteiger partial charge in [0.2, 0.25) is 0 Å². The molecule has 1 unspecified atom stereocenters. The Morgan fingerprint density at radius 2 is 2.10 bits per heavy atom. The molecule has 0 bridgehead atoms. The lowest BCUT2D eigenvalue weighted by Crippen LogP contribution is -2.61. The molecule has 3 atom stereocenters. The molecule has 0 aromatic heterocycles. The highest BCUT2D eigenvalue weighted by molar-refractivity contribution is 5.46. The summed E-state index contributed by atoms with van der Waals surface area (Å²) in [6.07, 6.45) is -1.80. The number of methoxy groups -OCH3 is 2. The number of rotatable bonds is 3. The van der Waals surface area contributed by atoms with Crippen LogP contribution in [-0.4, -0.2) is 37.3 Å². The number of ether oxygens (including phenoxy) is 3. The number of fused-ring (bicyclic) bond motifs is 1. The zero-order chi connectivity index (χ0) is 14.9. The molecule has 6 heteroatoms. The third-order valence-electron chi connectivity index (χ3n) is 3.65. The van der Waals surface area contributed by atoms with Gasteiger partial charge >= 0.3 is 0 Å². The first-order valence-corrected chi connectivity index (χ1v) is 6.20. The van der Waals surface area contributed by atoms with Gasteiger partial charge < -0.3 is 25.1 Å². The van der Waals surface area contributed by atoms with Gasteiger partial charge in [0.05, 0.1) is 17.7 Å². The molecule has 1 aromatic rings. The van der Waals surface area contributed by atoms with Gasteiger partial charge in [0.1, 0.15) is 11.9 Å². The molecule has 1 aromatic carbocycles. The molecule has 20 heavy (non-hydrogen) atoms. The highest BCUT2D eigenvalue weighted by Gasteiger charge is 2.51. The fourth-order valence-electron chi connectivity index (χ4n) is 2.55. The summed E-state index contributed by atoms with van der Waals surface area (Å²) in [5, 5.41) is 19.4. The standard InChI is InChI=1S/C14H18N2O4/c1-14(13(18-2)19-3)12(17)11(16)9-6-8(7-15)4-5-10(9)20-14/h4-6,11-13,17H,16H2,1-3H3/t11-,12+,14?/m0/s1. The molecular weight excluding hydrogens is 260 g/mol. The number of hydrogen-bond donors (Lipinski definition) is 2.